The van der Waals surface area contributed by atoms with Crippen LogP contribution in [0.4, 0.5) is 0 Å². The molecule has 5 heteroatoms. The number of rotatable bonds is 2. The molecule has 1 heterocycles. The molecule has 20 heavy (non-hydrogen) atoms. The molecule has 0 unspecified atom stereocenters. The van der Waals surface area contributed by atoms with Crippen molar-refractivity contribution >= 4 is 10.0 Å². The van der Waals surface area contributed by atoms with Crippen LogP contribution >= 0.6 is 0 Å². The van der Waals surface area contributed by atoms with Gasteiger partial charge in [-0.2, -0.15) is 4.31 Å². The van der Waals surface area contributed by atoms with Crippen LogP contribution in [-0.4, -0.2) is 30.9 Å². The predicted molar refractivity (Wildman–Crippen MR) is 79.0 cm³/mol. The largest absolute Gasteiger partial charge is 0.508 e. The molecule has 1 aromatic rings. The summed E-state index contributed by atoms with van der Waals surface area (Å²) < 4.78 is 26.6. The Balaban J connectivity index is 2.11. The van der Waals surface area contributed by atoms with Gasteiger partial charge in [0.25, 0.3) is 0 Å². The second-order valence-electron chi connectivity index (χ2n) is 6.54. The summed E-state index contributed by atoms with van der Waals surface area (Å²) >= 11 is 0. The van der Waals surface area contributed by atoms with E-state index in [2.05, 4.69) is 20.8 Å². The number of phenolic OH excluding ortho intramolecular Hbond substituents is 1. The zero-order chi connectivity index (χ0) is 15.0. The summed E-state index contributed by atoms with van der Waals surface area (Å²) in [4.78, 5) is 0.254. The van der Waals surface area contributed by atoms with E-state index in [1.807, 2.05) is 0 Å². The van der Waals surface area contributed by atoms with E-state index in [1.165, 1.54) is 24.3 Å². The van der Waals surface area contributed by atoms with Gasteiger partial charge in [-0.3, -0.25) is 0 Å². The molecule has 0 atom stereocenters. The Labute approximate surface area is 121 Å². The van der Waals surface area contributed by atoms with Gasteiger partial charge in [0.2, 0.25) is 10.0 Å². The molecule has 0 aromatic heterocycles. The van der Waals surface area contributed by atoms with Crippen molar-refractivity contribution in [2.24, 2.45) is 11.3 Å². The van der Waals surface area contributed by atoms with E-state index in [9.17, 15) is 13.5 Å². The maximum atomic E-state index is 12.5. The van der Waals surface area contributed by atoms with Gasteiger partial charge in [0, 0.05) is 13.1 Å². The average Bonchev–Trinajstić information content (AvgIpc) is 2.38. The van der Waals surface area contributed by atoms with E-state index >= 15 is 0 Å². The van der Waals surface area contributed by atoms with E-state index in [1.54, 1.807) is 4.31 Å². The lowest BCUT2D eigenvalue weighted by Gasteiger charge is -2.38. The van der Waals surface area contributed by atoms with Gasteiger partial charge in [-0.25, -0.2) is 8.42 Å². The summed E-state index contributed by atoms with van der Waals surface area (Å²) in [6.07, 6.45) is 1.81. The van der Waals surface area contributed by atoms with Crippen molar-refractivity contribution < 1.29 is 13.5 Å². The number of piperidine rings is 1. The quantitative estimate of drug-likeness (QED) is 0.913. The van der Waals surface area contributed by atoms with Crippen LogP contribution in [0.1, 0.15) is 33.6 Å². The Kier molecular flexibility index (Phi) is 4.12. The molecular formula is C15H23NO3S. The van der Waals surface area contributed by atoms with Gasteiger partial charge in [0.15, 0.2) is 0 Å². The Morgan fingerprint density at radius 1 is 1.10 bits per heavy atom. The standard InChI is InChI=1S/C15H23NO3S/c1-15(2,3)12-8-10-16(11-9-12)20(18,19)14-6-4-13(17)5-7-14/h4-7,12,17H,8-11H2,1-3H3. The van der Waals surface area contributed by atoms with Crippen LogP contribution in [-0.2, 0) is 10.0 Å². The summed E-state index contributed by atoms with van der Waals surface area (Å²) in [7, 11) is -3.43. The minimum absolute atomic E-state index is 0.0791. The van der Waals surface area contributed by atoms with Crippen molar-refractivity contribution in [3.63, 3.8) is 0 Å². The van der Waals surface area contributed by atoms with Crippen LogP contribution in [0.5, 0.6) is 5.75 Å². The van der Waals surface area contributed by atoms with Crippen molar-refractivity contribution in [2.75, 3.05) is 13.1 Å². The fraction of sp³-hybridized carbons (Fsp3) is 0.600. The topological polar surface area (TPSA) is 57.6 Å². The molecule has 0 bridgehead atoms. The van der Waals surface area contributed by atoms with Crippen LogP contribution in [0.2, 0.25) is 0 Å². The molecule has 0 saturated carbocycles. The summed E-state index contributed by atoms with van der Waals surface area (Å²) in [6, 6.07) is 5.74. The van der Waals surface area contributed by atoms with Gasteiger partial charge >= 0.3 is 0 Å². The maximum absolute atomic E-state index is 12.5. The highest BCUT2D eigenvalue weighted by molar-refractivity contribution is 7.89. The van der Waals surface area contributed by atoms with Crippen molar-refractivity contribution in [3.8, 4) is 5.75 Å². The second kappa shape index (κ2) is 5.37. The predicted octanol–water partition coefficient (Wildman–Crippen LogP) is 2.84. The zero-order valence-electron chi connectivity index (χ0n) is 12.3. The van der Waals surface area contributed by atoms with Gasteiger partial charge in [-0.1, -0.05) is 20.8 Å². The smallest absolute Gasteiger partial charge is 0.243 e. The number of hydrogen-bond acceptors (Lipinski definition) is 3. The number of sulfonamides is 1. The molecule has 1 fully saturated rings. The van der Waals surface area contributed by atoms with Gasteiger partial charge in [0.05, 0.1) is 4.90 Å². The molecule has 0 radical (unpaired) electrons. The summed E-state index contributed by atoms with van der Waals surface area (Å²) in [5.74, 6) is 0.643. The average molecular weight is 297 g/mol. The molecule has 4 nitrogen and oxygen atoms in total. The number of aromatic hydroxyl groups is 1. The Hall–Kier alpha value is -1.07. The molecule has 1 aliphatic heterocycles. The molecule has 1 saturated heterocycles. The lowest BCUT2D eigenvalue weighted by molar-refractivity contribution is 0.154. The van der Waals surface area contributed by atoms with Crippen molar-refractivity contribution in [1.82, 2.24) is 4.31 Å². The molecule has 1 N–H and O–H groups in total. The molecule has 0 aliphatic carbocycles. The van der Waals surface area contributed by atoms with Crippen molar-refractivity contribution in [3.05, 3.63) is 24.3 Å². The van der Waals surface area contributed by atoms with E-state index < -0.39 is 10.0 Å². The lowest BCUT2D eigenvalue weighted by Crippen LogP contribution is -2.41. The molecular weight excluding hydrogens is 274 g/mol. The van der Waals surface area contributed by atoms with Gasteiger partial charge < -0.3 is 5.11 Å². The Morgan fingerprint density at radius 2 is 1.60 bits per heavy atom. The summed E-state index contributed by atoms with van der Waals surface area (Å²) in [5.41, 5.74) is 0.231. The minimum Gasteiger partial charge on any atom is -0.508 e. The normalized spacial score (nSPS) is 19.1. The molecule has 112 valence electrons. The maximum Gasteiger partial charge on any atom is 0.243 e. The SMILES string of the molecule is CC(C)(C)C1CCN(S(=O)(=O)c2ccc(O)cc2)CC1. The van der Waals surface area contributed by atoms with Crippen molar-refractivity contribution in [1.29, 1.82) is 0 Å². The molecule has 1 aliphatic rings. The lowest BCUT2D eigenvalue weighted by atomic mass is 9.76. The molecule has 0 spiro atoms. The van der Waals surface area contributed by atoms with E-state index in [-0.39, 0.29) is 16.1 Å². The Morgan fingerprint density at radius 3 is 2.05 bits per heavy atom. The number of hydrogen-bond donors (Lipinski definition) is 1. The summed E-state index contributed by atoms with van der Waals surface area (Å²) in [5, 5.41) is 9.25. The number of phenols is 1. The van der Waals surface area contributed by atoms with Crippen LogP contribution in [0.15, 0.2) is 29.2 Å². The zero-order valence-corrected chi connectivity index (χ0v) is 13.2. The fourth-order valence-corrected chi connectivity index (χ4v) is 4.20. The van der Waals surface area contributed by atoms with Crippen LogP contribution in [0, 0.1) is 11.3 Å². The highest BCUT2D eigenvalue weighted by Gasteiger charge is 2.33. The Bertz CT molecular complexity index is 550. The van der Waals surface area contributed by atoms with Gasteiger partial charge in [-0.05, 0) is 48.4 Å². The molecule has 0 amide bonds. The van der Waals surface area contributed by atoms with Crippen LogP contribution < -0.4 is 0 Å². The second-order valence-corrected chi connectivity index (χ2v) is 8.48. The third-order valence-electron chi connectivity index (χ3n) is 4.15. The monoisotopic (exact) mass is 297 g/mol. The number of nitrogens with zero attached hydrogens (tertiary/aromatic N) is 1. The van der Waals surface area contributed by atoms with Crippen molar-refractivity contribution in [2.45, 2.75) is 38.5 Å². The molecule has 2 rings (SSSR count). The first kappa shape index (κ1) is 15.3. The van der Waals surface area contributed by atoms with E-state index in [4.69, 9.17) is 0 Å². The fourth-order valence-electron chi connectivity index (χ4n) is 2.73. The molecule has 1 aromatic carbocycles. The van der Waals surface area contributed by atoms with Gasteiger partial charge in [-0.15, -0.1) is 0 Å². The van der Waals surface area contributed by atoms with E-state index in [0.717, 1.165) is 12.8 Å². The van der Waals surface area contributed by atoms with Crippen LogP contribution in [0.3, 0.4) is 0 Å². The first-order chi connectivity index (χ1) is 9.21. The minimum atomic E-state index is -3.43. The van der Waals surface area contributed by atoms with E-state index in [0.29, 0.717) is 19.0 Å². The summed E-state index contributed by atoms with van der Waals surface area (Å²) in [6.45, 7) is 7.78. The van der Waals surface area contributed by atoms with Crippen LogP contribution in [0.25, 0.3) is 0 Å². The number of benzene rings is 1. The van der Waals surface area contributed by atoms with Gasteiger partial charge in [0.1, 0.15) is 5.75 Å². The highest BCUT2D eigenvalue weighted by Crippen LogP contribution is 2.35. The third kappa shape index (κ3) is 3.15. The first-order valence-electron chi connectivity index (χ1n) is 7.00. The third-order valence-corrected chi connectivity index (χ3v) is 6.07. The first-order valence-corrected chi connectivity index (χ1v) is 8.44. The highest BCUT2D eigenvalue weighted by atomic mass is 32.2.